The molecule has 1 aromatic carbocycles. The molecule has 0 atom stereocenters. The molecule has 1 saturated heterocycles. The van der Waals surface area contributed by atoms with E-state index in [0.29, 0.717) is 18.1 Å². The van der Waals surface area contributed by atoms with Crippen LogP contribution in [-0.4, -0.2) is 64.2 Å². The van der Waals surface area contributed by atoms with Gasteiger partial charge in [-0.25, -0.2) is 4.98 Å². The lowest BCUT2D eigenvalue weighted by atomic mass is 9.90. The maximum absolute atomic E-state index is 13.9. The minimum Gasteiger partial charge on any atom is -0.368 e. The van der Waals surface area contributed by atoms with E-state index >= 15 is 0 Å². The number of hydrogen-bond acceptors (Lipinski definition) is 6. The average Bonchev–Trinajstić information content (AvgIpc) is 3.55. The van der Waals surface area contributed by atoms with Crippen LogP contribution in [0.4, 0.5) is 22.9 Å². The Morgan fingerprint density at radius 2 is 1.74 bits per heavy atom. The number of benzene rings is 1. The minimum atomic E-state index is -0.122. The molecule has 2 aliphatic heterocycles. The summed E-state index contributed by atoms with van der Waals surface area (Å²) >= 11 is 0. The molecule has 3 aliphatic rings. The molecule has 0 bridgehead atoms. The van der Waals surface area contributed by atoms with Gasteiger partial charge in [-0.2, -0.15) is 0 Å². The Balaban J connectivity index is 1.15. The van der Waals surface area contributed by atoms with Crippen LogP contribution in [0.2, 0.25) is 0 Å². The van der Waals surface area contributed by atoms with Gasteiger partial charge in [0.05, 0.1) is 11.9 Å². The Kier molecular flexibility index (Phi) is 7.75. The first kappa shape index (κ1) is 30.3. The number of aryl methyl sites for hydroxylation is 1. The third-order valence-electron chi connectivity index (χ3n) is 10.1. The zero-order valence-electron chi connectivity index (χ0n) is 27.8. The fourth-order valence-electron chi connectivity index (χ4n) is 7.67. The molecule has 7 rings (SSSR count). The minimum absolute atomic E-state index is 0.0647. The van der Waals surface area contributed by atoms with Crippen LogP contribution in [0.1, 0.15) is 55.0 Å². The number of pyridine rings is 2. The van der Waals surface area contributed by atoms with Crippen molar-refractivity contribution in [3.05, 3.63) is 87.7 Å². The van der Waals surface area contributed by atoms with Gasteiger partial charge in [-0.1, -0.05) is 39.8 Å². The van der Waals surface area contributed by atoms with Crippen LogP contribution in [0.15, 0.2) is 59.7 Å². The number of carbonyl (C=O) groups is 1. The molecule has 9 heteroatoms. The summed E-state index contributed by atoms with van der Waals surface area (Å²) in [6, 6.07) is 14.2. The van der Waals surface area contributed by atoms with Gasteiger partial charge in [0.1, 0.15) is 17.2 Å². The Bertz CT molecular complexity index is 1840. The van der Waals surface area contributed by atoms with Gasteiger partial charge in [0.2, 0.25) is 0 Å². The fraction of sp³-hybridized carbons (Fsp3) is 0.432. The highest BCUT2D eigenvalue weighted by Crippen LogP contribution is 2.40. The zero-order valence-corrected chi connectivity index (χ0v) is 27.8. The second kappa shape index (κ2) is 11.8. The third-order valence-corrected chi connectivity index (χ3v) is 10.1. The van der Waals surface area contributed by atoms with Crippen molar-refractivity contribution < 1.29 is 4.79 Å². The Labute approximate surface area is 271 Å². The number of anilines is 4. The first-order chi connectivity index (χ1) is 22.2. The highest BCUT2D eigenvalue weighted by Gasteiger charge is 2.37. The molecule has 1 fully saturated rings. The van der Waals surface area contributed by atoms with Gasteiger partial charge in [-0.05, 0) is 78.2 Å². The molecule has 3 aromatic heterocycles. The number of likely N-dealkylation sites (N-methyl/N-ethyl adjacent to an activating group) is 1. The van der Waals surface area contributed by atoms with Crippen molar-refractivity contribution >= 4 is 28.8 Å². The lowest BCUT2D eigenvalue weighted by molar-refractivity contribution is 0.0964. The molecule has 0 unspecified atom stereocenters. The summed E-state index contributed by atoms with van der Waals surface area (Å²) in [5, 5.41) is 3.29. The third kappa shape index (κ3) is 5.40. The molecule has 5 heterocycles. The van der Waals surface area contributed by atoms with Crippen molar-refractivity contribution in [1.29, 1.82) is 0 Å². The zero-order chi connectivity index (χ0) is 32.2. The fourth-order valence-corrected chi connectivity index (χ4v) is 7.67. The summed E-state index contributed by atoms with van der Waals surface area (Å²) in [5.74, 6) is 0.696. The van der Waals surface area contributed by atoms with Crippen molar-refractivity contribution in [1.82, 2.24) is 19.0 Å². The Hall–Kier alpha value is -4.37. The summed E-state index contributed by atoms with van der Waals surface area (Å²) in [4.78, 5) is 38.6. The van der Waals surface area contributed by atoms with Crippen LogP contribution in [0.25, 0.3) is 11.1 Å². The quantitative estimate of drug-likeness (QED) is 0.295. The molecule has 1 aliphatic carbocycles. The van der Waals surface area contributed by atoms with Crippen molar-refractivity contribution in [2.75, 3.05) is 54.4 Å². The number of aromatic nitrogens is 3. The molecular weight excluding hydrogens is 574 g/mol. The number of nitrogens with one attached hydrogen (secondary N) is 1. The van der Waals surface area contributed by atoms with Gasteiger partial charge < -0.3 is 29.2 Å². The van der Waals surface area contributed by atoms with E-state index in [4.69, 9.17) is 0 Å². The maximum Gasteiger partial charge on any atom is 0.274 e. The molecule has 1 amide bonds. The number of piperazine rings is 1. The smallest absolute Gasteiger partial charge is 0.274 e. The van der Waals surface area contributed by atoms with Gasteiger partial charge in [0.15, 0.2) is 0 Å². The summed E-state index contributed by atoms with van der Waals surface area (Å²) in [7, 11) is 1.78. The standard InChI is InChI=1S/C37H45N7O2/c1-6-28-29(9-8-10-31(28)44-18-17-43-32(36(44)46)20-25-21-37(3,4)22-33(25)43)26-19-30(35(45)40(5)24-26)39-34-12-11-27(23-38-34)42-15-13-41(7-2)14-16-42/h8-12,19-20,23-24H,6-7,13-18,21-22H2,1-5H3,(H,38,39). The molecule has 0 spiro atoms. The maximum atomic E-state index is 13.9. The summed E-state index contributed by atoms with van der Waals surface area (Å²) in [6.07, 6.45) is 6.56. The van der Waals surface area contributed by atoms with Crippen molar-refractivity contribution in [2.45, 2.75) is 53.5 Å². The van der Waals surface area contributed by atoms with E-state index in [0.717, 1.165) is 92.3 Å². The topological polar surface area (TPSA) is 78.6 Å². The second-order valence-corrected chi connectivity index (χ2v) is 13.8. The molecule has 1 N–H and O–H groups in total. The number of nitrogens with zero attached hydrogens (tertiary/aromatic N) is 6. The first-order valence-electron chi connectivity index (χ1n) is 16.7. The van der Waals surface area contributed by atoms with Crippen LogP contribution >= 0.6 is 0 Å². The number of amides is 1. The van der Waals surface area contributed by atoms with E-state index in [1.165, 1.54) is 11.3 Å². The predicted octanol–water partition coefficient (Wildman–Crippen LogP) is 5.48. The highest BCUT2D eigenvalue weighted by atomic mass is 16.2. The van der Waals surface area contributed by atoms with Crippen molar-refractivity contribution in [3.63, 3.8) is 0 Å². The Morgan fingerprint density at radius 1 is 0.935 bits per heavy atom. The van der Waals surface area contributed by atoms with Crippen LogP contribution < -0.4 is 20.7 Å². The van der Waals surface area contributed by atoms with Crippen LogP contribution in [0, 0.1) is 5.41 Å². The van der Waals surface area contributed by atoms with Gasteiger partial charge in [-0.3, -0.25) is 9.59 Å². The highest BCUT2D eigenvalue weighted by molar-refractivity contribution is 6.07. The molecule has 0 radical (unpaired) electrons. The van der Waals surface area contributed by atoms with Gasteiger partial charge in [0, 0.05) is 69.5 Å². The van der Waals surface area contributed by atoms with Crippen molar-refractivity contribution in [3.8, 4) is 11.1 Å². The van der Waals surface area contributed by atoms with Crippen LogP contribution in [-0.2, 0) is 32.9 Å². The van der Waals surface area contributed by atoms with E-state index < -0.39 is 0 Å². The lowest BCUT2D eigenvalue weighted by Gasteiger charge is -2.35. The normalized spacial score (nSPS) is 17.7. The number of rotatable bonds is 7. The number of fused-ring (bicyclic) bond motifs is 3. The molecule has 0 saturated carbocycles. The molecule has 46 heavy (non-hydrogen) atoms. The number of hydrogen-bond donors (Lipinski definition) is 1. The molecular formula is C37H45N7O2. The molecule has 240 valence electrons. The van der Waals surface area contributed by atoms with Crippen molar-refractivity contribution in [2.24, 2.45) is 12.5 Å². The Morgan fingerprint density at radius 3 is 2.46 bits per heavy atom. The van der Waals surface area contributed by atoms with Gasteiger partial charge >= 0.3 is 0 Å². The van der Waals surface area contributed by atoms with E-state index in [-0.39, 0.29) is 16.9 Å². The summed E-state index contributed by atoms with van der Waals surface area (Å²) in [5.41, 5.74) is 9.13. The largest absolute Gasteiger partial charge is 0.368 e. The van der Waals surface area contributed by atoms with E-state index in [1.54, 1.807) is 11.6 Å². The summed E-state index contributed by atoms with van der Waals surface area (Å²) < 4.78 is 3.88. The van der Waals surface area contributed by atoms with E-state index in [9.17, 15) is 9.59 Å². The van der Waals surface area contributed by atoms with Gasteiger partial charge in [0.25, 0.3) is 11.5 Å². The van der Waals surface area contributed by atoms with Crippen LogP contribution in [0.3, 0.4) is 0 Å². The molecule has 9 nitrogen and oxygen atoms in total. The van der Waals surface area contributed by atoms with E-state index in [2.05, 4.69) is 76.6 Å². The van der Waals surface area contributed by atoms with Gasteiger partial charge in [-0.15, -0.1) is 0 Å². The SMILES string of the molecule is CCc1c(-c2cc(Nc3ccc(N4CCN(CC)CC4)cn3)c(=O)n(C)c2)cccc1N1CCn2c(cc3c2CC(C)(C)C3)C1=O. The average molecular weight is 620 g/mol. The second-order valence-electron chi connectivity index (χ2n) is 13.8. The number of carbonyl (C=O) groups excluding carboxylic acids is 1. The lowest BCUT2D eigenvalue weighted by Crippen LogP contribution is -2.46. The molecule has 4 aromatic rings. The van der Waals surface area contributed by atoms with Crippen LogP contribution in [0.5, 0.6) is 0 Å². The van der Waals surface area contributed by atoms with E-state index in [1.807, 2.05) is 35.5 Å². The summed E-state index contributed by atoms with van der Waals surface area (Å²) in [6.45, 7) is 15.5. The monoisotopic (exact) mass is 619 g/mol. The predicted molar refractivity (Wildman–Crippen MR) is 186 cm³/mol. The first-order valence-corrected chi connectivity index (χ1v) is 16.7.